The number of hydrogen-bond acceptors (Lipinski definition) is 3. The highest BCUT2D eigenvalue weighted by atomic mass is 19.1. The number of aromatic amines is 1. The predicted octanol–water partition coefficient (Wildman–Crippen LogP) is 3.36. The highest BCUT2D eigenvalue weighted by molar-refractivity contribution is 6.35. The summed E-state index contributed by atoms with van der Waals surface area (Å²) in [5.41, 5.74) is 4.39. The maximum absolute atomic E-state index is 13.8. The average molecular weight is 413 g/mol. The Balaban J connectivity index is 1.87. The zero-order valence-electron chi connectivity index (χ0n) is 18.2. The Labute approximate surface area is 176 Å². The number of nitrogens with one attached hydrogen (secondary N) is 2. The number of fused-ring (bicyclic) bond motifs is 1. The Morgan fingerprint density at radius 1 is 1.27 bits per heavy atom. The van der Waals surface area contributed by atoms with E-state index in [4.69, 9.17) is 0 Å². The van der Waals surface area contributed by atoms with E-state index in [1.54, 1.807) is 19.2 Å². The third-order valence-electron chi connectivity index (χ3n) is 5.75. The normalized spacial score (nSPS) is 14.7. The molecule has 2 heterocycles. The number of H-pyrrole nitrogens is 1. The minimum Gasteiger partial charge on any atom is -0.358 e. The number of amides is 2. The van der Waals surface area contributed by atoms with E-state index in [-0.39, 0.29) is 11.8 Å². The third kappa shape index (κ3) is 4.03. The van der Waals surface area contributed by atoms with Crippen molar-refractivity contribution in [2.24, 2.45) is 0 Å². The molecule has 1 aromatic carbocycles. The van der Waals surface area contributed by atoms with Crippen LogP contribution in [0.25, 0.3) is 11.6 Å². The SMILES string of the molecule is CCN(CC)CCNC(=O)c1c(C)[nH]c(/C=C2/C(=O)N(C)c3ccc(F)cc32)c1C. The predicted molar refractivity (Wildman–Crippen MR) is 118 cm³/mol. The second-order valence-corrected chi connectivity index (χ2v) is 7.53. The molecule has 30 heavy (non-hydrogen) atoms. The van der Waals surface area contributed by atoms with Gasteiger partial charge in [0.05, 0.1) is 16.8 Å². The van der Waals surface area contributed by atoms with E-state index in [0.717, 1.165) is 30.9 Å². The van der Waals surface area contributed by atoms with Gasteiger partial charge >= 0.3 is 0 Å². The summed E-state index contributed by atoms with van der Waals surface area (Å²) >= 11 is 0. The molecule has 1 aromatic heterocycles. The largest absolute Gasteiger partial charge is 0.358 e. The molecule has 3 rings (SSSR count). The van der Waals surface area contributed by atoms with Crippen molar-refractivity contribution in [1.29, 1.82) is 0 Å². The second kappa shape index (κ2) is 8.83. The number of carbonyl (C=O) groups excluding carboxylic acids is 2. The molecule has 2 aromatic rings. The standard InChI is InChI=1S/C23H29FN4O2/c1-6-28(7-2)11-10-25-22(29)21-14(3)19(26-15(21)4)13-18-17-12-16(24)8-9-20(17)27(5)23(18)30/h8-9,12-13,26H,6-7,10-11H2,1-5H3,(H,25,29)/b18-13+. The molecule has 0 bridgehead atoms. The summed E-state index contributed by atoms with van der Waals surface area (Å²) in [5.74, 6) is -0.734. The van der Waals surface area contributed by atoms with E-state index in [1.165, 1.54) is 17.0 Å². The lowest BCUT2D eigenvalue weighted by atomic mass is 10.0. The van der Waals surface area contributed by atoms with Crippen molar-refractivity contribution in [3.63, 3.8) is 0 Å². The van der Waals surface area contributed by atoms with Crippen molar-refractivity contribution in [1.82, 2.24) is 15.2 Å². The van der Waals surface area contributed by atoms with Gasteiger partial charge in [-0.25, -0.2) is 4.39 Å². The number of halogens is 1. The first-order chi connectivity index (χ1) is 14.3. The molecule has 2 N–H and O–H groups in total. The van der Waals surface area contributed by atoms with Gasteiger partial charge < -0.3 is 20.1 Å². The number of hydrogen-bond donors (Lipinski definition) is 2. The van der Waals surface area contributed by atoms with Gasteiger partial charge in [-0.2, -0.15) is 0 Å². The molecule has 0 radical (unpaired) electrons. The molecule has 0 saturated carbocycles. The molecule has 1 aliphatic rings. The molecule has 7 heteroatoms. The lowest BCUT2D eigenvalue weighted by Gasteiger charge is -2.18. The quantitative estimate of drug-likeness (QED) is 0.686. The molecule has 0 fully saturated rings. The van der Waals surface area contributed by atoms with Crippen molar-refractivity contribution in [2.75, 3.05) is 38.1 Å². The first-order valence-corrected chi connectivity index (χ1v) is 10.3. The van der Waals surface area contributed by atoms with E-state index in [9.17, 15) is 14.0 Å². The molecule has 0 atom stereocenters. The van der Waals surface area contributed by atoms with Crippen LogP contribution in [0.2, 0.25) is 0 Å². The number of benzene rings is 1. The van der Waals surface area contributed by atoms with Crippen LogP contribution in [0.15, 0.2) is 18.2 Å². The third-order valence-corrected chi connectivity index (χ3v) is 5.75. The lowest BCUT2D eigenvalue weighted by molar-refractivity contribution is -0.112. The Kier molecular flexibility index (Phi) is 6.41. The van der Waals surface area contributed by atoms with Gasteiger partial charge in [0.15, 0.2) is 0 Å². The fourth-order valence-electron chi connectivity index (χ4n) is 3.92. The Bertz CT molecular complexity index is 1000. The molecule has 0 saturated heterocycles. The van der Waals surface area contributed by atoms with Crippen LogP contribution in [0.1, 0.15) is 46.7 Å². The smallest absolute Gasteiger partial charge is 0.258 e. The van der Waals surface area contributed by atoms with E-state index >= 15 is 0 Å². The molecule has 6 nitrogen and oxygen atoms in total. The zero-order valence-corrected chi connectivity index (χ0v) is 18.2. The fourth-order valence-corrected chi connectivity index (χ4v) is 3.92. The van der Waals surface area contributed by atoms with Crippen molar-refractivity contribution in [2.45, 2.75) is 27.7 Å². The highest BCUT2D eigenvalue weighted by Gasteiger charge is 2.30. The Morgan fingerprint density at radius 3 is 2.63 bits per heavy atom. The lowest BCUT2D eigenvalue weighted by Crippen LogP contribution is -2.35. The van der Waals surface area contributed by atoms with Gasteiger partial charge in [0.25, 0.3) is 11.8 Å². The minimum absolute atomic E-state index is 0.139. The number of likely N-dealkylation sites (N-methyl/N-ethyl adjacent to an activating group) is 2. The molecule has 2 amide bonds. The van der Waals surface area contributed by atoms with Crippen molar-refractivity contribution < 1.29 is 14.0 Å². The van der Waals surface area contributed by atoms with Crippen LogP contribution in [-0.2, 0) is 4.79 Å². The maximum Gasteiger partial charge on any atom is 0.258 e. The van der Waals surface area contributed by atoms with Crippen LogP contribution < -0.4 is 10.2 Å². The molecule has 1 aliphatic heterocycles. The summed E-state index contributed by atoms with van der Waals surface area (Å²) in [7, 11) is 1.67. The summed E-state index contributed by atoms with van der Waals surface area (Å²) in [6, 6.07) is 4.32. The molecular formula is C23H29FN4O2. The van der Waals surface area contributed by atoms with Crippen LogP contribution in [0.3, 0.4) is 0 Å². The zero-order chi connectivity index (χ0) is 22.0. The first-order valence-electron chi connectivity index (χ1n) is 10.3. The summed E-state index contributed by atoms with van der Waals surface area (Å²) in [5, 5.41) is 2.98. The summed E-state index contributed by atoms with van der Waals surface area (Å²) in [6.07, 6.45) is 1.71. The summed E-state index contributed by atoms with van der Waals surface area (Å²) in [4.78, 5) is 32.4. The minimum atomic E-state index is -0.393. The molecule has 160 valence electrons. The van der Waals surface area contributed by atoms with Crippen LogP contribution >= 0.6 is 0 Å². The number of aryl methyl sites for hydroxylation is 1. The van der Waals surface area contributed by atoms with E-state index in [2.05, 4.69) is 29.0 Å². The van der Waals surface area contributed by atoms with E-state index in [1.807, 2.05) is 13.8 Å². The number of nitrogens with zero attached hydrogens (tertiary/aromatic N) is 2. The molecule has 0 unspecified atom stereocenters. The van der Waals surface area contributed by atoms with E-state index in [0.29, 0.717) is 34.6 Å². The monoisotopic (exact) mass is 412 g/mol. The van der Waals surface area contributed by atoms with E-state index < -0.39 is 5.82 Å². The number of anilines is 1. The second-order valence-electron chi connectivity index (χ2n) is 7.53. The topological polar surface area (TPSA) is 68.4 Å². The van der Waals surface area contributed by atoms with Crippen LogP contribution in [0.5, 0.6) is 0 Å². The van der Waals surface area contributed by atoms with Crippen LogP contribution in [0.4, 0.5) is 10.1 Å². The molecule has 0 spiro atoms. The van der Waals surface area contributed by atoms with Crippen molar-refractivity contribution in [3.8, 4) is 0 Å². The number of rotatable bonds is 7. The Morgan fingerprint density at radius 2 is 1.97 bits per heavy atom. The van der Waals surface area contributed by atoms with Gasteiger partial charge in [-0.3, -0.25) is 9.59 Å². The van der Waals surface area contributed by atoms with Gasteiger partial charge in [-0.15, -0.1) is 0 Å². The Hall–Kier alpha value is -2.93. The number of aromatic nitrogens is 1. The number of carbonyl (C=O) groups is 2. The molecule has 0 aliphatic carbocycles. The molecular weight excluding hydrogens is 383 g/mol. The van der Waals surface area contributed by atoms with Crippen molar-refractivity contribution >= 4 is 29.2 Å². The highest BCUT2D eigenvalue weighted by Crippen LogP contribution is 2.37. The summed E-state index contributed by atoms with van der Waals surface area (Å²) < 4.78 is 13.8. The average Bonchev–Trinajstić information content (AvgIpc) is 3.12. The van der Waals surface area contributed by atoms with Gasteiger partial charge in [-0.1, -0.05) is 13.8 Å². The fraction of sp³-hybridized carbons (Fsp3) is 0.391. The van der Waals surface area contributed by atoms with Crippen LogP contribution in [0, 0.1) is 19.7 Å². The maximum atomic E-state index is 13.8. The van der Waals surface area contributed by atoms with Crippen LogP contribution in [-0.4, -0.2) is 54.9 Å². The first kappa shape index (κ1) is 21.8. The van der Waals surface area contributed by atoms with Gasteiger partial charge in [0.1, 0.15) is 5.82 Å². The van der Waals surface area contributed by atoms with Gasteiger partial charge in [0.2, 0.25) is 0 Å². The van der Waals surface area contributed by atoms with Gasteiger partial charge in [0, 0.05) is 37.1 Å². The van der Waals surface area contributed by atoms with Crippen molar-refractivity contribution in [3.05, 3.63) is 52.1 Å². The summed E-state index contributed by atoms with van der Waals surface area (Å²) in [6.45, 7) is 11.1. The van der Waals surface area contributed by atoms with Gasteiger partial charge in [-0.05, 0) is 56.8 Å².